The highest BCUT2D eigenvalue weighted by Crippen LogP contribution is 2.36. The molecule has 0 bridgehead atoms. The van der Waals surface area contributed by atoms with Crippen LogP contribution in [-0.2, 0) is 11.2 Å². The lowest BCUT2D eigenvalue weighted by atomic mass is 9.86. The molecule has 0 fully saturated rings. The van der Waals surface area contributed by atoms with E-state index < -0.39 is 0 Å². The van der Waals surface area contributed by atoms with Gasteiger partial charge in [-0.05, 0) is 61.4 Å². The molecule has 1 amide bonds. The summed E-state index contributed by atoms with van der Waals surface area (Å²) in [4.78, 5) is 16.4. The first-order chi connectivity index (χ1) is 13.2. The number of aromatic nitrogens is 1. The molecule has 27 heavy (non-hydrogen) atoms. The summed E-state index contributed by atoms with van der Waals surface area (Å²) in [5.41, 5.74) is 5.16. The fraction of sp³-hybridized carbons (Fsp3) is 0.522. The number of nitrogens with one attached hydrogen (secondary N) is 3. The summed E-state index contributed by atoms with van der Waals surface area (Å²) in [5, 5.41) is 8.01. The average molecular weight is 368 g/mol. The molecular formula is C23H33N3O. The van der Waals surface area contributed by atoms with Gasteiger partial charge in [-0.25, -0.2) is 0 Å². The van der Waals surface area contributed by atoms with Gasteiger partial charge in [-0.15, -0.1) is 0 Å². The monoisotopic (exact) mass is 367 g/mol. The SMILES string of the molecule is CCCNCC(/C=C1\CCc2c[nH]c3cccc1c23)C(=O)NC(CC)CC. The first-order valence-corrected chi connectivity index (χ1v) is 10.5. The van der Waals surface area contributed by atoms with Gasteiger partial charge in [0.05, 0.1) is 5.92 Å². The molecule has 0 spiro atoms. The average Bonchev–Trinajstić information content (AvgIpc) is 3.12. The number of hydrogen-bond donors (Lipinski definition) is 3. The Bertz CT molecular complexity index is 801. The van der Waals surface area contributed by atoms with Gasteiger partial charge >= 0.3 is 0 Å². The van der Waals surface area contributed by atoms with Crippen LogP contribution in [-0.4, -0.2) is 30.0 Å². The van der Waals surface area contributed by atoms with E-state index in [0.29, 0.717) is 6.54 Å². The van der Waals surface area contributed by atoms with Gasteiger partial charge in [0, 0.05) is 29.7 Å². The van der Waals surface area contributed by atoms with Crippen LogP contribution in [0.25, 0.3) is 16.5 Å². The van der Waals surface area contributed by atoms with Crippen molar-refractivity contribution in [3.8, 4) is 0 Å². The molecule has 1 unspecified atom stereocenters. The Morgan fingerprint density at radius 3 is 2.78 bits per heavy atom. The van der Waals surface area contributed by atoms with Crippen molar-refractivity contribution in [2.75, 3.05) is 13.1 Å². The smallest absolute Gasteiger partial charge is 0.228 e. The summed E-state index contributed by atoms with van der Waals surface area (Å²) in [6.07, 6.45) is 9.39. The van der Waals surface area contributed by atoms with E-state index in [1.165, 1.54) is 27.6 Å². The van der Waals surface area contributed by atoms with Crippen molar-refractivity contribution in [2.24, 2.45) is 5.92 Å². The summed E-state index contributed by atoms with van der Waals surface area (Å²) >= 11 is 0. The minimum atomic E-state index is -0.136. The quantitative estimate of drug-likeness (QED) is 0.575. The minimum absolute atomic E-state index is 0.136. The Morgan fingerprint density at radius 2 is 2.04 bits per heavy atom. The van der Waals surface area contributed by atoms with Gasteiger partial charge in [0.15, 0.2) is 0 Å². The summed E-state index contributed by atoms with van der Waals surface area (Å²) in [6, 6.07) is 6.69. The van der Waals surface area contributed by atoms with Crippen LogP contribution in [0.2, 0.25) is 0 Å². The lowest BCUT2D eigenvalue weighted by Crippen LogP contribution is -2.41. The van der Waals surface area contributed by atoms with Crippen molar-refractivity contribution in [2.45, 2.75) is 58.9 Å². The van der Waals surface area contributed by atoms with Crippen LogP contribution in [0.4, 0.5) is 0 Å². The maximum absolute atomic E-state index is 13.0. The molecule has 0 aliphatic heterocycles. The summed E-state index contributed by atoms with van der Waals surface area (Å²) in [6.45, 7) is 8.05. The molecule has 0 saturated carbocycles. The molecule has 0 radical (unpaired) electrons. The maximum atomic E-state index is 13.0. The molecule has 2 aromatic rings. The number of carbonyl (C=O) groups excluding carboxylic acids is 1. The van der Waals surface area contributed by atoms with Gasteiger partial charge in [-0.2, -0.15) is 0 Å². The van der Waals surface area contributed by atoms with Gasteiger partial charge < -0.3 is 15.6 Å². The zero-order valence-electron chi connectivity index (χ0n) is 16.9. The van der Waals surface area contributed by atoms with E-state index in [1.807, 2.05) is 0 Å². The van der Waals surface area contributed by atoms with Crippen molar-refractivity contribution >= 4 is 22.4 Å². The van der Waals surface area contributed by atoms with Crippen LogP contribution < -0.4 is 10.6 Å². The molecular weight excluding hydrogens is 334 g/mol. The lowest BCUT2D eigenvalue weighted by Gasteiger charge is -2.22. The van der Waals surface area contributed by atoms with E-state index in [4.69, 9.17) is 0 Å². The number of hydrogen-bond acceptors (Lipinski definition) is 2. The molecule has 3 rings (SSSR count). The molecule has 1 aromatic heterocycles. The Hall–Kier alpha value is -2.07. The minimum Gasteiger partial charge on any atom is -0.361 e. The zero-order chi connectivity index (χ0) is 19.2. The van der Waals surface area contributed by atoms with Gasteiger partial charge in [-0.1, -0.05) is 39.0 Å². The third-order valence-corrected chi connectivity index (χ3v) is 5.66. The Morgan fingerprint density at radius 1 is 1.22 bits per heavy atom. The van der Waals surface area contributed by atoms with E-state index in [2.05, 4.69) is 66.9 Å². The Kier molecular flexibility index (Phi) is 6.73. The summed E-state index contributed by atoms with van der Waals surface area (Å²) in [7, 11) is 0. The Labute approximate surface area is 162 Å². The molecule has 1 aliphatic rings. The molecule has 1 aromatic carbocycles. The topological polar surface area (TPSA) is 56.9 Å². The molecule has 1 aliphatic carbocycles. The Balaban J connectivity index is 1.88. The van der Waals surface area contributed by atoms with Gasteiger partial charge in [0.25, 0.3) is 0 Å². The van der Waals surface area contributed by atoms with Crippen molar-refractivity contribution in [1.29, 1.82) is 0 Å². The standard InChI is InChI=1S/C23H33N3O/c1-4-12-24-14-18(23(27)26-19(5-2)6-3)13-16-10-11-17-15-25-21-9-7-8-20(16)22(17)21/h7-9,13,15,18-19,24-25H,4-6,10-12,14H2,1-3H3,(H,26,27)/b16-13+. The van der Waals surface area contributed by atoms with E-state index >= 15 is 0 Å². The molecule has 4 nitrogen and oxygen atoms in total. The summed E-state index contributed by atoms with van der Waals surface area (Å²) in [5.74, 6) is 0.00902. The molecule has 146 valence electrons. The second-order valence-corrected chi connectivity index (χ2v) is 7.57. The number of amides is 1. The number of benzene rings is 1. The lowest BCUT2D eigenvalue weighted by molar-refractivity contribution is -0.124. The van der Waals surface area contributed by atoms with E-state index in [0.717, 1.165) is 38.6 Å². The second kappa shape index (κ2) is 9.23. The third kappa shape index (κ3) is 4.44. The molecule has 0 saturated heterocycles. The van der Waals surface area contributed by atoms with Crippen LogP contribution in [0, 0.1) is 5.92 Å². The number of allylic oxidation sites excluding steroid dienone is 1. The molecule has 3 N–H and O–H groups in total. The van der Waals surface area contributed by atoms with Crippen LogP contribution in [0.15, 0.2) is 30.5 Å². The van der Waals surface area contributed by atoms with Gasteiger partial charge in [0.1, 0.15) is 0 Å². The van der Waals surface area contributed by atoms with Crippen LogP contribution >= 0.6 is 0 Å². The predicted molar refractivity (Wildman–Crippen MR) is 114 cm³/mol. The highest BCUT2D eigenvalue weighted by Gasteiger charge is 2.22. The van der Waals surface area contributed by atoms with Crippen molar-refractivity contribution in [1.82, 2.24) is 15.6 Å². The molecule has 1 atom stereocenters. The first-order valence-electron chi connectivity index (χ1n) is 10.5. The number of carbonyl (C=O) groups is 1. The fourth-order valence-corrected chi connectivity index (χ4v) is 4.00. The van der Waals surface area contributed by atoms with Crippen molar-refractivity contribution in [3.05, 3.63) is 41.6 Å². The van der Waals surface area contributed by atoms with E-state index in [-0.39, 0.29) is 17.9 Å². The van der Waals surface area contributed by atoms with Gasteiger partial charge in [0.2, 0.25) is 5.91 Å². The number of H-pyrrole nitrogens is 1. The van der Waals surface area contributed by atoms with E-state index in [1.54, 1.807) is 0 Å². The van der Waals surface area contributed by atoms with Crippen LogP contribution in [0.5, 0.6) is 0 Å². The fourth-order valence-electron chi connectivity index (χ4n) is 4.00. The number of rotatable bonds is 9. The second-order valence-electron chi connectivity index (χ2n) is 7.57. The summed E-state index contributed by atoms with van der Waals surface area (Å²) < 4.78 is 0. The van der Waals surface area contributed by atoms with Gasteiger partial charge in [-0.3, -0.25) is 4.79 Å². The molecule has 1 heterocycles. The van der Waals surface area contributed by atoms with Crippen LogP contribution in [0.1, 0.15) is 57.6 Å². The zero-order valence-corrected chi connectivity index (χ0v) is 16.9. The third-order valence-electron chi connectivity index (χ3n) is 5.66. The normalized spacial score (nSPS) is 16.2. The predicted octanol–water partition coefficient (Wildman–Crippen LogP) is 4.42. The van der Waals surface area contributed by atoms with Crippen molar-refractivity contribution < 1.29 is 4.79 Å². The van der Waals surface area contributed by atoms with Crippen molar-refractivity contribution in [3.63, 3.8) is 0 Å². The van der Waals surface area contributed by atoms with E-state index in [9.17, 15) is 4.79 Å². The first kappa shape index (κ1) is 19.7. The number of aromatic amines is 1. The van der Waals surface area contributed by atoms with Crippen LogP contribution in [0.3, 0.4) is 0 Å². The molecule has 4 heteroatoms. The number of aryl methyl sites for hydroxylation is 1. The largest absolute Gasteiger partial charge is 0.361 e. The highest BCUT2D eigenvalue weighted by atomic mass is 16.1. The highest BCUT2D eigenvalue weighted by molar-refractivity contribution is 5.97. The maximum Gasteiger partial charge on any atom is 0.228 e.